The summed E-state index contributed by atoms with van der Waals surface area (Å²) in [6.45, 7) is 5.72. The lowest BCUT2D eigenvalue weighted by Gasteiger charge is -2.27. The highest BCUT2D eigenvalue weighted by atomic mass is 35.5. The largest absolute Gasteiger partial charge is 0.330 e. The van der Waals surface area contributed by atoms with Crippen LogP contribution in [0.2, 0.25) is 5.02 Å². The van der Waals surface area contributed by atoms with Crippen LogP contribution in [0.1, 0.15) is 44.0 Å². The Morgan fingerprint density at radius 3 is 2.59 bits per heavy atom. The van der Waals surface area contributed by atoms with Crippen LogP contribution in [0.15, 0.2) is 0 Å². The lowest BCUT2D eigenvalue weighted by molar-refractivity contribution is 0.297. The highest BCUT2D eigenvalue weighted by Crippen LogP contribution is 2.41. The van der Waals surface area contributed by atoms with Crippen molar-refractivity contribution in [3.63, 3.8) is 0 Å². The Labute approximate surface area is 108 Å². The SMILES string of the molecule is CCn1nc(C)c(Cl)c1CC1(CN)CCCC1. The van der Waals surface area contributed by atoms with Gasteiger partial charge in [-0.2, -0.15) is 5.10 Å². The fourth-order valence-corrected chi connectivity index (χ4v) is 3.17. The van der Waals surface area contributed by atoms with Gasteiger partial charge in [0.2, 0.25) is 0 Å². The molecule has 0 amide bonds. The molecule has 1 aliphatic rings. The van der Waals surface area contributed by atoms with Crippen LogP contribution in [0.25, 0.3) is 0 Å². The number of halogens is 1. The number of aromatic nitrogens is 2. The number of nitrogens with two attached hydrogens (primary N) is 1. The standard InChI is InChI=1S/C13H22ClN3/c1-3-17-11(12(14)10(2)16-17)8-13(9-15)6-4-5-7-13/h3-9,15H2,1-2H3. The zero-order valence-electron chi connectivity index (χ0n) is 10.8. The summed E-state index contributed by atoms with van der Waals surface area (Å²) in [5.41, 5.74) is 8.38. The van der Waals surface area contributed by atoms with Gasteiger partial charge >= 0.3 is 0 Å². The lowest BCUT2D eigenvalue weighted by Crippen LogP contribution is -2.30. The summed E-state index contributed by atoms with van der Waals surface area (Å²) in [7, 11) is 0. The van der Waals surface area contributed by atoms with Gasteiger partial charge in [-0.3, -0.25) is 4.68 Å². The van der Waals surface area contributed by atoms with Gasteiger partial charge in [-0.05, 0) is 45.1 Å². The van der Waals surface area contributed by atoms with Gasteiger partial charge in [0.25, 0.3) is 0 Å². The molecule has 1 aliphatic carbocycles. The summed E-state index contributed by atoms with van der Waals surface area (Å²) in [5.74, 6) is 0. The summed E-state index contributed by atoms with van der Waals surface area (Å²) in [5, 5.41) is 5.32. The molecule has 0 atom stereocenters. The Morgan fingerprint density at radius 2 is 2.06 bits per heavy atom. The first-order valence-electron chi connectivity index (χ1n) is 6.54. The average Bonchev–Trinajstić information content (AvgIpc) is 2.90. The first-order chi connectivity index (χ1) is 8.12. The molecule has 3 nitrogen and oxygen atoms in total. The van der Waals surface area contributed by atoms with E-state index in [0.717, 1.165) is 30.2 Å². The predicted molar refractivity (Wildman–Crippen MR) is 71.3 cm³/mol. The second-order valence-electron chi connectivity index (χ2n) is 5.25. The van der Waals surface area contributed by atoms with Crippen molar-refractivity contribution in [2.45, 2.75) is 52.5 Å². The van der Waals surface area contributed by atoms with Crippen LogP contribution in [0.4, 0.5) is 0 Å². The fraction of sp³-hybridized carbons (Fsp3) is 0.769. The Kier molecular flexibility index (Phi) is 3.79. The van der Waals surface area contributed by atoms with E-state index < -0.39 is 0 Å². The molecule has 1 saturated carbocycles. The molecule has 0 aliphatic heterocycles. The Balaban J connectivity index is 2.28. The minimum absolute atomic E-state index is 0.267. The van der Waals surface area contributed by atoms with Crippen LogP contribution in [-0.4, -0.2) is 16.3 Å². The molecule has 1 heterocycles. The van der Waals surface area contributed by atoms with Gasteiger partial charge in [-0.15, -0.1) is 0 Å². The molecule has 0 spiro atoms. The molecule has 2 rings (SSSR count). The van der Waals surface area contributed by atoms with E-state index >= 15 is 0 Å². The normalized spacial score (nSPS) is 18.8. The first kappa shape index (κ1) is 12.9. The first-order valence-corrected chi connectivity index (χ1v) is 6.91. The van der Waals surface area contributed by atoms with Crippen LogP contribution in [0.5, 0.6) is 0 Å². The van der Waals surface area contributed by atoms with Gasteiger partial charge in [-0.25, -0.2) is 0 Å². The average molecular weight is 256 g/mol. The number of hydrogen-bond donors (Lipinski definition) is 1. The van der Waals surface area contributed by atoms with E-state index in [2.05, 4.69) is 12.0 Å². The number of rotatable bonds is 4. The zero-order chi connectivity index (χ0) is 12.5. The molecule has 0 aromatic carbocycles. The van der Waals surface area contributed by atoms with E-state index in [1.165, 1.54) is 31.4 Å². The number of nitrogens with zero attached hydrogens (tertiary/aromatic N) is 2. The summed E-state index contributed by atoms with van der Waals surface area (Å²) in [6.07, 6.45) is 6.04. The highest BCUT2D eigenvalue weighted by molar-refractivity contribution is 6.31. The lowest BCUT2D eigenvalue weighted by atomic mass is 9.81. The fourth-order valence-electron chi connectivity index (χ4n) is 2.97. The molecule has 96 valence electrons. The third-order valence-corrected chi connectivity index (χ3v) is 4.58. The van der Waals surface area contributed by atoms with Gasteiger partial charge in [-0.1, -0.05) is 24.4 Å². The topological polar surface area (TPSA) is 43.8 Å². The molecule has 0 bridgehead atoms. The Morgan fingerprint density at radius 1 is 1.41 bits per heavy atom. The molecule has 0 saturated heterocycles. The molecule has 0 unspecified atom stereocenters. The van der Waals surface area contributed by atoms with Crippen LogP contribution < -0.4 is 5.73 Å². The van der Waals surface area contributed by atoms with Gasteiger partial charge in [0.1, 0.15) is 0 Å². The van der Waals surface area contributed by atoms with Gasteiger partial charge in [0, 0.05) is 6.54 Å². The molecule has 17 heavy (non-hydrogen) atoms. The van der Waals surface area contributed by atoms with Crippen molar-refractivity contribution in [2.75, 3.05) is 6.54 Å². The van der Waals surface area contributed by atoms with E-state index in [1.807, 2.05) is 11.6 Å². The second-order valence-corrected chi connectivity index (χ2v) is 5.63. The molecular formula is C13H22ClN3. The third kappa shape index (κ3) is 2.36. The maximum Gasteiger partial charge on any atom is 0.0847 e. The van der Waals surface area contributed by atoms with Gasteiger partial charge < -0.3 is 5.73 Å². The van der Waals surface area contributed by atoms with Crippen LogP contribution in [0.3, 0.4) is 0 Å². The monoisotopic (exact) mass is 255 g/mol. The van der Waals surface area contributed by atoms with Crippen molar-refractivity contribution in [3.05, 3.63) is 16.4 Å². The maximum absolute atomic E-state index is 6.37. The Hall–Kier alpha value is -0.540. The quantitative estimate of drug-likeness (QED) is 0.899. The van der Waals surface area contributed by atoms with Gasteiger partial charge in [0.05, 0.1) is 16.4 Å². The maximum atomic E-state index is 6.37. The number of hydrogen-bond acceptors (Lipinski definition) is 2. The molecular weight excluding hydrogens is 234 g/mol. The van der Waals surface area contributed by atoms with Crippen LogP contribution >= 0.6 is 11.6 Å². The van der Waals surface area contributed by atoms with Crippen LogP contribution in [0, 0.1) is 12.3 Å². The molecule has 2 N–H and O–H groups in total. The Bertz CT molecular complexity index is 392. The molecule has 4 heteroatoms. The smallest absolute Gasteiger partial charge is 0.0847 e. The molecule has 0 radical (unpaired) electrons. The van der Waals surface area contributed by atoms with E-state index in [4.69, 9.17) is 17.3 Å². The zero-order valence-corrected chi connectivity index (χ0v) is 11.6. The minimum atomic E-state index is 0.267. The molecule has 1 fully saturated rings. The van der Waals surface area contributed by atoms with E-state index in [-0.39, 0.29) is 5.41 Å². The molecule has 1 aromatic heterocycles. The van der Waals surface area contributed by atoms with Crippen molar-refractivity contribution >= 4 is 11.6 Å². The van der Waals surface area contributed by atoms with Crippen molar-refractivity contribution in [2.24, 2.45) is 11.1 Å². The summed E-state index contributed by atoms with van der Waals surface area (Å²) < 4.78 is 2.04. The van der Waals surface area contributed by atoms with E-state index in [1.54, 1.807) is 0 Å². The second kappa shape index (κ2) is 4.99. The highest BCUT2D eigenvalue weighted by Gasteiger charge is 2.34. The van der Waals surface area contributed by atoms with Crippen LogP contribution in [-0.2, 0) is 13.0 Å². The van der Waals surface area contributed by atoms with Crippen molar-refractivity contribution in [1.29, 1.82) is 0 Å². The van der Waals surface area contributed by atoms with Gasteiger partial charge in [0.15, 0.2) is 0 Å². The summed E-state index contributed by atoms with van der Waals surface area (Å²) in [4.78, 5) is 0. The van der Waals surface area contributed by atoms with E-state index in [9.17, 15) is 0 Å². The predicted octanol–water partition coefficient (Wildman–Crippen LogP) is 2.93. The van der Waals surface area contributed by atoms with Crippen molar-refractivity contribution < 1.29 is 0 Å². The van der Waals surface area contributed by atoms with Crippen molar-refractivity contribution in [3.8, 4) is 0 Å². The number of aryl methyl sites for hydroxylation is 2. The summed E-state index contributed by atoms with van der Waals surface area (Å²) >= 11 is 6.37. The third-order valence-electron chi connectivity index (χ3n) is 4.09. The van der Waals surface area contributed by atoms with Crippen molar-refractivity contribution in [1.82, 2.24) is 9.78 Å². The summed E-state index contributed by atoms with van der Waals surface area (Å²) in [6, 6.07) is 0. The van der Waals surface area contributed by atoms with E-state index in [0.29, 0.717) is 0 Å². The molecule has 1 aromatic rings. The minimum Gasteiger partial charge on any atom is -0.330 e.